The van der Waals surface area contributed by atoms with Gasteiger partial charge in [-0.05, 0) is 6.92 Å². The molecule has 0 bridgehead atoms. The van der Waals surface area contributed by atoms with Crippen molar-refractivity contribution in [3.05, 3.63) is 11.5 Å². The highest BCUT2D eigenvalue weighted by molar-refractivity contribution is 5.79. The van der Waals surface area contributed by atoms with E-state index in [1.54, 1.807) is 14.0 Å². The van der Waals surface area contributed by atoms with E-state index in [0.29, 0.717) is 11.5 Å². The molecule has 0 aromatic rings. The molecule has 0 saturated heterocycles. The molecule has 0 aliphatic heterocycles. The van der Waals surface area contributed by atoms with Crippen LogP contribution in [0.15, 0.2) is 16.4 Å². The van der Waals surface area contributed by atoms with Crippen LogP contribution in [0.2, 0.25) is 0 Å². The van der Waals surface area contributed by atoms with E-state index in [9.17, 15) is 4.79 Å². The number of carbonyl (C=O) groups excluding carboxylic acids is 1. The molecule has 0 unspecified atom stereocenters. The fraction of sp³-hybridized carbons (Fsp3) is 0.429. The molecule has 5 heteroatoms. The predicted octanol–water partition coefficient (Wildman–Crippen LogP) is -0.621. The molecule has 1 amide bonds. The lowest BCUT2D eigenvalue weighted by atomic mass is 10.4. The van der Waals surface area contributed by atoms with Crippen molar-refractivity contribution in [3.8, 4) is 0 Å². The van der Waals surface area contributed by atoms with Crippen LogP contribution < -0.4 is 11.5 Å². The third-order valence-corrected chi connectivity index (χ3v) is 1.00. The molecular weight excluding hydrogens is 158 g/mol. The average Bonchev–Trinajstić information content (AvgIpc) is 1.96. The van der Waals surface area contributed by atoms with E-state index >= 15 is 0 Å². The first-order valence-corrected chi connectivity index (χ1v) is 3.37. The zero-order chi connectivity index (χ0) is 9.56. The molecule has 0 rings (SSSR count). The summed E-state index contributed by atoms with van der Waals surface area (Å²) in [7, 11) is 1.58. The number of amides is 1. The molecule has 0 fully saturated rings. The van der Waals surface area contributed by atoms with Crippen molar-refractivity contribution in [2.45, 2.75) is 6.92 Å². The minimum absolute atomic E-state index is 0.185. The molecule has 68 valence electrons. The Morgan fingerprint density at radius 2 is 2.17 bits per heavy atom. The van der Waals surface area contributed by atoms with Gasteiger partial charge in [-0.2, -0.15) is 0 Å². The van der Waals surface area contributed by atoms with Gasteiger partial charge in [-0.15, -0.1) is 0 Å². The summed E-state index contributed by atoms with van der Waals surface area (Å²) in [5, 5.41) is 0. The molecule has 0 aromatic carbocycles. The van der Waals surface area contributed by atoms with E-state index < -0.39 is 5.91 Å². The summed E-state index contributed by atoms with van der Waals surface area (Å²) in [6, 6.07) is 0. The zero-order valence-corrected chi connectivity index (χ0v) is 7.20. The van der Waals surface area contributed by atoms with Crippen LogP contribution in [-0.2, 0) is 9.53 Å². The van der Waals surface area contributed by atoms with Crippen LogP contribution in [0.4, 0.5) is 0 Å². The Balaban J connectivity index is 4.17. The molecule has 0 atom stereocenters. The van der Waals surface area contributed by atoms with Crippen molar-refractivity contribution in [1.29, 1.82) is 0 Å². The van der Waals surface area contributed by atoms with E-state index in [1.807, 2.05) is 0 Å². The summed E-state index contributed by atoms with van der Waals surface area (Å²) in [4.78, 5) is 14.0. The van der Waals surface area contributed by atoms with E-state index in [4.69, 9.17) is 16.2 Å². The Bertz CT molecular complexity index is 217. The molecule has 4 N–H and O–H groups in total. The maximum absolute atomic E-state index is 10.3. The number of carbonyl (C=O) groups is 1. The van der Waals surface area contributed by atoms with E-state index in [-0.39, 0.29) is 6.61 Å². The minimum atomic E-state index is -0.543. The number of primary amides is 1. The number of hydrogen-bond acceptors (Lipinski definition) is 4. The normalized spacial score (nSPS) is 12.8. The molecule has 0 aliphatic carbocycles. The number of ether oxygens (including phenoxy) is 1. The summed E-state index contributed by atoms with van der Waals surface area (Å²) in [5.41, 5.74) is 10.7. The van der Waals surface area contributed by atoms with Crippen LogP contribution in [-0.4, -0.2) is 25.8 Å². The third kappa shape index (κ3) is 4.32. The zero-order valence-electron chi connectivity index (χ0n) is 7.20. The Labute approximate surface area is 71.1 Å². The Morgan fingerprint density at radius 3 is 2.50 bits per heavy atom. The lowest BCUT2D eigenvalue weighted by Crippen LogP contribution is -2.19. The monoisotopic (exact) mass is 171 g/mol. The van der Waals surface area contributed by atoms with Crippen LogP contribution in [0.1, 0.15) is 6.92 Å². The van der Waals surface area contributed by atoms with Gasteiger partial charge in [-0.25, -0.2) is 0 Å². The van der Waals surface area contributed by atoms with Gasteiger partial charge in [0, 0.05) is 12.7 Å². The minimum Gasteiger partial charge on any atom is -0.480 e. The predicted molar refractivity (Wildman–Crippen MR) is 46.4 cm³/mol. The summed E-state index contributed by atoms with van der Waals surface area (Å²) in [6.07, 6.45) is 1.43. The Morgan fingerprint density at radius 1 is 1.58 bits per heavy atom. The highest BCUT2D eigenvalue weighted by Crippen LogP contribution is 1.96. The highest BCUT2D eigenvalue weighted by atomic mass is 16.5. The van der Waals surface area contributed by atoms with Crippen molar-refractivity contribution in [2.75, 3.05) is 13.7 Å². The Kier molecular flexibility index (Phi) is 4.52. The quantitative estimate of drug-likeness (QED) is 0.436. The Hall–Kier alpha value is -1.52. The average molecular weight is 171 g/mol. The number of allylic oxidation sites excluding steroid dienone is 2. The molecule has 12 heavy (non-hydrogen) atoms. The number of nitrogens with two attached hydrogens (primary N) is 2. The first-order valence-electron chi connectivity index (χ1n) is 3.37. The van der Waals surface area contributed by atoms with Gasteiger partial charge in [0.2, 0.25) is 0 Å². The second-order valence-electron chi connectivity index (χ2n) is 2.19. The van der Waals surface area contributed by atoms with Gasteiger partial charge >= 0.3 is 0 Å². The smallest absolute Gasteiger partial charge is 0.255 e. The molecular formula is C7H13N3O2. The first kappa shape index (κ1) is 10.5. The lowest BCUT2D eigenvalue weighted by molar-refractivity contribution is -0.121. The fourth-order valence-electron chi connectivity index (χ4n) is 0.519. The van der Waals surface area contributed by atoms with E-state index in [0.717, 1.165) is 0 Å². The summed E-state index contributed by atoms with van der Waals surface area (Å²) in [5.74, 6) is -0.172. The largest absolute Gasteiger partial charge is 0.480 e. The van der Waals surface area contributed by atoms with Gasteiger partial charge in [0.1, 0.15) is 0 Å². The lowest BCUT2D eigenvalue weighted by Gasteiger charge is -2.04. The van der Waals surface area contributed by atoms with Gasteiger partial charge in [-0.1, -0.05) is 0 Å². The molecule has 0 saturated carbocycles. The highest BCUT2D eigenvalue weighted by Gasteiger charge is 1.99. The van der Waals surface area contributed by atoms with Crippen LogP contribution >= 0.6 is 0 Å². The second-order valence-corrected chi connectivity index (χ2v) is 2.19. The van der Waals surface area contributed by atoms with Crippen molar-refractivity contribution < 1.29 is 9.53 Å². The summed E-state index contributed by atoms with van der Waals surface area (Å²) in [6.45, 7) is 1.47. The van der Waals surface area contributed by atoms with Gasteiger partial charge in [-0.3, -0.25) is 9.79 Å². The van der Waals surface area contributed by atoms with Crippen molar-refractivity contribution >= 4 is 12.1 Å². The number of nitrogens with zero attached hydrogens (tertiary/aromatic N) is 1. The number of aliphatic imine (C=N–C) groups is 1. The van der Waals surface area contributed by atoms with Gasteiger partial charge in [0.05, 0.1) is 6.21 Å². The van der Waals surface area contributed by atoms with Gasteiger partial charge in [0.25, 0.3) is 5.91 Å². The van der Waals surface area contributed by atoms with Crippen LogP contribution in [0.3, 0.4) is 0 Å². The van der Waals surface area contributed by atoms with Crippen LogP contribution in [0.25, 0.3) is 0 Å². The molecule has 5 nitrogen and oxygen atoms in total. The standard InChI is InChI=1S/C7H13N3O2/c1-5(8)6(3-10-2)12-4-7(9)11/h3H,4,8H2,1-2H3,(H2,9,11)/b6-5+,10-3?. The van der Waals surface area contributed by atoms with Gasteiger partial charge < -0.3 is 16.2 Å². The number of hydrogen-bond donors (Lipinski definition) is 2. The summed E-state index contributed by atoms with van der Waals surface area (Å²) >= 11 is 0. The van der Waals surface area contributed by atoms with E-state index in [2.05, 4.69) is 4.99 Å². The third-order valence-electron chi connectivity index (χ3n) is 1.00. The van der Waals surface area contributed by atoms with Crippen LogP contribution in [0.5, 0.6) is 0 Å². The maximum atomic E-state index is 10.3. The number of rotatable bonds is 4. The van der Waals surface area contributed by atoms with E-state index in [1.165, 1.54) is 6.21 Å². The topological polar surface area (TPSA) is 90.7 Å². The second kappa shape index (κ2) is 5.17. The van der Waals surface area contributed by atoms with Crippen molar-refractivity contribution in [2.24, 2.45) is 16.5 Å². The van der Waals surface area contributed by atoms with Crippen molar-refractivity contribution in [3.63, 3.8) is 0 Å². The molecule has 0 radical (unpaired) electrons. The molecule has 0 aliphatic rings. The summed E-state index contributed by atoms with van der Waals surface area (Å²) < 4.78 is 4.94. The van der Waals surface area contributed by atoms with Gasteiger partial charge in [0.15, 0.2) is 12.4 Å². The first-order chi connectivity index (χ1) is 5.57. The molecule has 0 heterocycles. The molecule has 0 spiro atoms. The van der Waals surface area contributed by atoms with Crippen LogP contribution in [0, 0.1) is 0 Å². The maximum Gasteiger partial charge on any atom is 0.255 e. The van der Waals surface area contributed by atoms with Crippen molar-refractivity contribution in [1.82, 2.24) is 0 Å². The fourth-order valence-corrected chi connectivity index (χ4v) is 0.519. The molecule has 0 aromatic heterocycles. The SMILES string of the molecule is CN=C/C(OCC(N)=O)=C(/C)N.